The maximum absolute atomic E-state index is 5.34. The molecule has 0 aliphatic carbocycles. The summed E-state index contributed by atoms with van der Waals surface area (Å²) in [6.07, 6.45) is 1.75. The van der Waals surface area contributed by atoms with E-state index in [0.717, 1.165) is 32.1 Å². The first-order valence-electron chi connectivity index (χ1n) is 6.31. The number of piperazine rings is 1. The first-order chi connectivity index (χ1) is 8.40. The maximum Gasteiger partial charge on any atom is 0.228 e. The number of rotatable bonds is 3. The summed E-state index contributed by atoms with van der Waals surface area (Å²) in [7, 11) is 0. The number of aromatic nitrogens is 2. The van der Waals surface area contributed by atoms with Crippen LogP contribution in [0, 0.1) is 0 Å². The molecule has 5 heteroatoms. The molecular weight excluding hydrogens is 216 g/mol. The SMILES string of the molecule is CC.CCOc1ccnc(N2CCNCC2)n1. The summed E-state index contributed by atoms with van der Waals surface area (Å²) >= 11 is 0. The van der Waals surface area contributed by atoms with Crippen LogP contribution in [-0.2, 0) is 0 Å². The van der Waals surface area contributed by atoms with Crippen molar-refractivity contribution in [2.75, 3.05) is 37.7 Å². The molecule has 96 valence electrons. The summed E-state index contributed by atoms with van der Waals surface area (Å²) < 4.78 is 5.34. The van der Waals surface area contributed by atoms with Crippen LogP contribution in [0.5, 0.6) is 5.88 Å². The van der Waals surface area contributed by atoms with Gasteiger partial charge in [0.25, 0.3) is 0 Å². The van der Waals surface area contributed by atoms with Gasteiger partial charge in [-0.05, 0) is 6.92 Å². The molecule has 17 heavy (non-hydrogen) atoms. The molecule has 1 aromatic rings. The molecule has 1 saturated heterocycles. The van der Waals surface area contributed by atoms with Crippen LogP contribution in [0.25, 0.3) is 0 Å². The monoisotopic (exact) mass is 238 g/mol. The van der Waals surface area contributed by atoms with Gasteiger partial charge in [0, 0.05) is 38.4 Å². The van der Waals surface area contributed by atoms with Gasteiger partial charge in [-0.2, -0.15) is 4.98 Å². The molecule has 1 aliphatic rings. The Bertz CT molecular complexity index is 313. The van der Waals surface area contributed by atoms with Crippen molar-refractivity contribution >= 4 is 5.95 Å². The van der Waals surface area contributed by atoms with Gasteiger partial charge in [-0.25, -0.2) is 4.98 Å². The molecule has 1 fully saturated rings. The minimum atomic E-state index is 0.637. The average Bonchev–Trinajstić information content (AvgIpc) is 2.43. The normalized spacial score (nSPS) is 14.9. The van der Waals surface area contributed by atoms with Crippen LogP contribution < -0.4 is 15.0 Å². The minimum Gasteiger partial charge on any atom is -0.478 e. The van der Waals surface area contributed by atoms with E-state index in [9.17, 15) is 0 Å². The van der Waals surface area contributed by atoms with Crippen molar-refractivity contribution in [2.45, 2.75) is 20.8 Å². The number of anilines is 1. The predicted molar refractivity (Wildman–Crippen MR) is 69.6 cm³/mol. The van der Waals surface area contributed by atoms with Gasteiger partial charge in [0.1, 0.15) is 0 Å². The minimum absolute atomic E-state index is 0.637. The zero-order valence-electron chi connectivity index (χ0n) is 10.9. The molecule has 2 rings (SSSR count). The quantitative estimate of drug-likeness (QED) is 0.860. The molecule has 2 heterocycles. The molecule has 0 amide bonds. The summed E-state index contributed by atoms with van der Waals surface area (Å²) in [5, 5.41) is 3.30. The lowest BCUT2D eigenvalue weighted by Gasteiger charge is -2.27. The van der Waals surface area contributed by atoms with Crippen molar-refractivity contribution in [3.8, 4) is 5.88 Å². The van der Waals surface area contributed by atoms with Gasteiger partial charge >= 0.3 is 0 Å². The van der Waals surface area contributed by atoms with E-state index >= 15 is 0 Å². The molecular formula is C12H22N4O. The Balaban J connectivity index is 0.000000686. The highest BCUT2D eigenvalue weighted by atomic mass is 16.5. The average molecular weight is 238 g/mol. The Morgan fingerprint density at radius 3 is 2.71 bits per heavy atom. The van der Waals surface area contributed by atoms with Gasteiger partial charge in [-0.1, -0.05) is 13.8 Å². The van der Waals surface area contributed by atoms with Crippen LogP contribution in [0.2, 0.25) is 0 Å². The molecule has 0 unspecified atom stereocenters. The Kier molecular flexibility index (Phi) is 6.32. The van der Waals surface area contributed by atoms with Crippen LogP contribution in [0.15, 0.2) is 12.3 Å². The number of nitrogens with one attached hydrogen (secondary N) is 1. The zero-order valence-corrected chi connectivity index (χ0v) is 10.9. The van der Waals surface area contributed by atoms with E-state index in [1.807, 2.05) is 20.8 Å². The number of hydrogen-bond acceptors (Lipinski definition) is 5. The Labute approximate surface area is 103 Å². The molecule has 0 radical (unpaired) electrons. The van der Waals surface area contributed by atoms with Crippen molar-refractivity contribution in [2.24, 2.45) is 0 Å². The third-order valence-corrected chi connectivity index (χ3v) is 2.31. The van der Waals surface area contributed by atoms with E-state index in [1.165, 1.54) is 0 Å². The van der Waals surface area contributed by atoms with Crippen molar-refractivity contribution in [1.29, 1.82) is 0 Å². The van der Waals surface area contributed by atoms with Crippen LogP contribution in [-0.4, -0.2) is 42.8 Å². The first-order valence-corrected chi connectivity index (χ1v) is 6.31. The molecule has 1 N–H and O–H groups in total. The highest BCUT2D eigenvalue weighted by Crippen LogP contribution is 2.12. The molecule has 1 aliphatic heterocycles. The predicted octanol–water partition coefficient (Wildman–Crippen LogP) is 1.31. The smallest absolute Gasteiger partial charge is 0.228 e. The summed E-state index contributed by atoms with van der Waals surface area (Å²) in [5.74, 6) is 1.42. The number of nitrogens with zero attached hydrogens (tertiary/aromatic N) is 3. The summed E-state index contributed by atoms with van der Waals surface area (Å²) in [6.45, 7) is 10.5. The third-order valence-electron chi connectivity index (χ3n) is 2.31. The molecule has 0 aromatic carbocycles. The molecule has 5 nitrogen and oxygen atoms in total. The number of hydrogen-bond donors (Lipinski definition) is 1. The Hall–Kier alpha value is -1.36. The van der Waals surface area contributed by atoms with Crippen LogP contribution in [0.4, 0.5) is 5.95 Å². The van der Waals surface area contributed by atoms with Crippen molar-refractivity contribution in [3.63, 3.8) is 0 Å². The second-order valence-corrected chi connectivity index (χ2v) is 3.36. The van der Waals surface area contributed by atoms with Crippen molar-refractivity contribution < 1.29 is 4.74 Å². The molecule has 0 bridgehead atoms. The van der Waals surface area contributed by atoms with Gasteiger partial charge in [-0.3, -0.25) is 0 Å². The van der Waals surface area contributed by atoms with Crippen LogP contribution >= 0.6 is 0 Å². The summed E-state index contributed by atoms with van der Waals surface area (Å²) in [4.78, 5) is 10.8. The third kappa shape index (κ3) is 4.19. The fourth-order valence-electron chi connectivity index (χ4n) is 1.58. The van der Waals surface area contributed by atoms with Gasteiger partial charge in [0.15, 0.2) is 0 Å². The van der Waals surface area contributed by atoms with Crippen molar-refractivity contribution in [3.05, 3.63) is 12.3 Å². The van der Waals surface area contributed by atoms with E-state index in [0.29, 0.717) is 12.5 Å². The largest absolute Gasteiger partial charge is 0.478 e. The molecule has 1 aromatic heterocycles. The van der Waals surface area contributed by atoms with E-state index in [1.54, 1.807) is 12.3 Å². The van der Waals surface area contributed by atoms with Gasteiger partial charge in [-0.15, -0.1) is 0 Å². The van der Waals surface area contributed by atoms with Gasteiger partial charge in [0.05, 0.1) is 6.61 Å². The molecule has 0 spiro atoms. The van der Waals surface area contributed by atoms with E-state index in [2.05, 4.69) is 20.2 Å². The lowest BCUT2D eigenvalue weighted by Crippen LogP contribution is -2.44. The lowest BCUT2D eigenvalue weighted by molar-refractivity contribution is 0.326. The van der Waals surface area contributed by atoms with Crippen LogP contribution in [0.1, 0.15) is 20.8 Å². The van der Waals surface area contributed by atoms with Gasteiger partial charge in [0.2, 0.25) is 11.8 Å². The Morgan fingerprint density at radius 2 is 2.06 bits per heavy atom. The first kappa shape index (κ1) is 13.7. The van der Waals surface area contributed by atoms with E-state index < -0.39 is 0 Å². The maximum atomic E-state index is 5.34. The molecule has 0 saturated carbocycles. The lowest BCUT2D eigenvalue weighted by atomic mass is 10.4. The topological polar surface area (TPSA) is 50.3 Å². The Morgan fingerprint density at radius 1 is 1.35 bits per heavy atom. The van der Waals surface area contributed by atoms with Gasteiger partial charge < -0.3 is 15.0 Å². The second-order valence-electron chi connectivity index (χ2n) is 3.36. The summed E-state index contributed by atoms with van der Waals surface area (Å²) in [5.41, 5.74) is 0. The fourth-order valence-corrected chi connectivity index (χ4v) is 1.58. The summed E-state index contributed by atoms with van der Waals surface area (Å²) in [6, 6.07) is 1.79. The van der Waals surface area contributed by atoms with E-state index in [-0.39, 0.29) is 0 Å². The molecule has 0 atom stereocenters. The van der Waals surface area contributed by atoms with Crippen LogP contribution in [0.3, 0.4) is 0 Å². The fraction of sp³-hybridized carbons (Fsp3) is 0.667. The van der Waals surface area contributed by atoms with Crippen molar-refractivity contribution in [1.82, 2.24) is 15.3 Å². The van der Waals surface area contributed by atoms with E-state index in [4.69, 9.17) is 4.74 Å². The zero-order chi connectivity index (χ0) is 12.5. The number of ether oxygens (including phenoxy) is 1. The second kappa shape index (κ2) is 7.84. The highest BCUT2D eigenvalue weighted by molar-refractivity contribution is 5.32. The standard InChI is InChI=1S/C10H16N4O.C2H6/c1-2-15-9-3-4-12-10(13-9)14-7-5-11-6-8-14;1-2/h3-4,11H,2,5-8H2,1H3;1-2H3. The highest BCUT2D eigenvalue weighted by Gasteiger charge is 2.13.